The fourth-order valence-corrected chi connectivity index (χ4v) is 2.01. The third-order valence-corrected chi connectivity index (χ3v) is 2.85. The fourth-order valence-electron chi connectivity index (χ4n) is 2.01. The van der Waals surface area contributed by atoms with E-state index in [-0.39, 0.29) is 5.56 Å². The highest BCUT2D eigenvalue weighted by atomic mass is 16.1. The van der Waals surface area contributed by atoms with Gasteiger partial charge in [0.2, 0.25) is 5.56 Å². The first-order chi connectivity index (χ1) is 7.13. The minimum absolute atomic E-state index is 0.0678. The molecule has 0 aliphatic rings. The van der Waals surface area contributed by atoms with Crippen molar-refractivity contribution in [3.63, 3.8) is 0 Å². The van der Waals surface area contributed by atoms with Gasteiger partial charge in [-0.3, -0.25) is 4.79 Å². The van der Waals surface area contributed by atoms with Gasteiger partial charge in [0.1, 0.15) is 0 Å². The van der Waals surface area contributed by atoms with Crippen molar-refractivity contribution in [3.05, 3.63) is 45.2 Å². The van der Waals surface area contributed by atoms with Crippen molar-refractivity contribution < 1.29 is 0 Å². The predicted octanol–water partition coefficient (Wildman–Crippen LogP) is 1.60. The number of nitrogens with two attached hydrogens (primary N) is 1. The van der Waals surface area contributed by atoms with E-state index in [2.05, 4.69) is 4.98 Å². The fraction of sp³-hybridized carbons (Fsp3) is 0.250. The minimum atomic E-state index is -0.0678. The number of pyridine rings is 1. The zero-order valence-corrected chi connectivity index (χ0v) is 8.92. The molecule has 3 nitrogen and oxygen atoms in total. The lowest BCUT2D eigenvalue weighted by atomic mass is 9.98. The summed E-state index contributed by atoms with van der Waals surface area (Å²) in [5, 5.41) is 1.07. The Morgan fingerprint density at radius 2 is 2.07 bits per heavy atom. The van der Waals surface area contributed by atoms with Crippen LogP contribution in [-0.4, -0.2) is 4.98 Å². The van der Waals surface area contributed by atoms with Crippen LogP contribution in [0.15, 0.2) is 23.0 Å². The van der Waals surface area contributed by atoms with Crippen LogP contribution in [-0.2, 0) is 6.54 Å². The summed E-state index contributed by atoms with van der Waals surface area (Å²) in [4.78, 5) is 14.0. The zero-order valence-electron chi connectivity index (χ0n) is 8.92. The molecule has 0 fully saturated rings. The van der Waals surface area contributed by atoms with Crippen molar-refractivity contribution in [1.82, 2.24) is 4.98 Å². The maximum atomic E-state index is 11.2. The molecule has 0 radical (unpaired) electrons. The summed E-state index contributed by atoms with van der Waals surface area (Å²) < 4.78 is 0. The molecule has 0 atom stereocenters. The smallest absolute Gasteiger partial charge is 0.248 e. The van der Waals surface area contributed by atoms with E-state index in [4.69, 9.17) is 5.73 Å². The lowest BCUT2D eigenvalue weighted by molar-refractivity contribution is 1.03. The Labute approximate surface area is 87.9 Å². The number of aromatic nitrogens is 1. The van der Waals surface area contributed by atoms with Gasteiger partial charge in [-0.15, -0.1) is 0 Å². The highest BCUT2D eigenvalue weighted by molar-refractivity contribution is 5.84. The van der Waals surface area contributed by atoms with Gasteiger partial charge in [-0.05, 0) is 42.7 Å². The van der Waals surface area contributed by atoms with Crippen LogP contribution >= 0.6 is 0 Å². The quantitative estimate of drug-likeness (QED) is 0.738. The van der Waals surface area contributed by atoms with Gasteiger partial charge in [0.25, 0.3) is 0 Å². The van der Waals surface area contributed by atoms with E-state index in [9.17, 15) is 4.79 Å². The molecular weight excluding hydrogens is 188 g/mol. The number of nitrogens with one attached hydrogen (secondary N) is 1. The third kappa shape index (κ3) is 1.55. The van der Waals surface area contributed by atoms with Gasteiger partial charge in [-0.1, -0.05) is 0 Å². The number of hydrogen-bond donors (Lipinski definition) is 2. The first kappa shape index (κ1) is 9.93. The van der Waals surface area contributed by atoms with Gasteiger partial charge >= 0.3 is 0 Å². The van der Waals surface area contributed by atoms with Gasteiger partial charge in [0.15, 0.2) is 0 Å². The monoisotopic (exact) mass is 202 g/mol. The Hall–Kier alpha value is -1.61. The number of hydrogen-bond acceptors (Lipinski definition) is 2. The molecule has 0 amide bonds. The van der Waals surface area contributed by atoms with Crippen LogP contribution in [0.2, 0.25) is 0 Å². The van der Waals surface area contributed by atoms with Crippen molar-refractivity contribution in [2.24, 2.45) is 5.73 Å². The molecule has 0 aliphatic heterocycles. The summed E-state index contributed by atoms with van der Waals surface area (Å²) in [7, 11) is 0. The van der Waals surface area contributed by atoms with E-state index in [1.165, 1.54) is 0 Å². The number of benzene rings is 1. The summed E-state index contributed by atoms with van der Waals surface area (Å²) in [6.07, 6.45) is 0. The Morgan fingerprint density at radius 3 is 2.73 bits per heavy atom. The van der Waals surface area contributed by atoms with Gasteiger partial charge in [-0.25, -0.2) is 0 Å². The van der Waals surface area contributed by atoms with Crippen molar-refractivity contribution >= 4 is 10.9 Å². The van der Waals surface area contributed by atoms with E-state index in [0.29, 0.717) is 6.54 Å². The normalized spacial score (nSPS) is 10.9. The predicted molar refractivity (Wildman–Crippen MR) is 61.9 cm³/mol. The highest BCUT2D eigenvalue weighted by Gasteiger charge is 2.06. The Balaban J connectivity index is 2.90. The molecule has 1 aromatic heterocycles. The molecule has 3 N–H and O–H groups in total. The Kier molecular flexibility index (Phi) is 2.32. The van der Waals surface area contributed by atoms with Crippen LogP contribution in [0.1, 0.15) is 16.7 Å². The van der Waals surface area contributed by atoms with Crippen LogP contribution < -0.4 is 11.3 Å². The molecule has 0 bridgehead atoms. The SMILES string of the molecule is Cc1cc2[nH]c(=O)ccc2c(C)c1CN. The first-order valence-corrected chi connectivity index (χ1v) is 4.95. The highest BCUT2D eigenvalue weighted by Crippen LogP contribution is 2.22. The Bertz CT molecular complexity index is 570. The molecule has 0 saturated heterocycles. The number of fused-ring (bicyclic) bond motifs is 1. The topological polar surface area (TPSA) is 58.9 Å². The summed E-state index contributed by atoms with van der Waals surface area (Å²) in [5.74, 6) is 0. The van der Waals surface area contributed by atoms with Crippen LogP contribution in [0.5, 0.6) is 0 Å². The minimum Gasteiger partial charge on any atom is -0.326 e. The standard InChI is InChI=1S/C12H14N2O/c1-7-5-11-9(3-4-12(15)14-11)8(2)10(7)6-13/h3-5H,6,13H2,1-2H3,(H,14,15). The first-order valence-electron chi connectivity index (χ1n) is 4.95. The molecule has 1 aromatic carbocycles. The molecular formula is C12H14N2O. The summed E-state index contributed by atoms with van der Waals surface area (Å²) in [6.45, 7) is 4.59. The number of H-pyrrole nitrogens is 1. The molecule has 1 heterocycles. The molecule has 0 aliphatic carbocycles. The third-order valence-electron chi connectivity index (χ3n) is 2.85. The van der Waals surface area contributed by atoms with E-state index in [1.54, 1.807) is 6.07 Å². The number of aromatic amines is 1. The summed E-state index contributed by atoms with van der Waals surface area (Å²) in [5.41, 5.74) is 9.96. The van der Waals surface area contributed by atoms with E-state index in [0.717, 1.165) is 27.6 Å². The van der Waals surface area contributed by atoms with Gasteiger partial charge in [0.05, 0.1) is 0 Å². The number of aryl methyl sites for hydroxylation is 2. The van der Waals surface area contributed by atoms with Gasteiger partial charge in [0, 0.05) is 23.5 Å². The molecule has 2 rings (SSSR count). The van der Waals surface area contributed by atoms with E-state index < -0.39 is 0 Å². The van der Waals surface area contributed by atoms with Crippen LogP contribution in [0.3, 0.4) is 0 Å². The molecule has 2 aromatic rings. The lowest BCUT2D eigenvalue weighted by Crippen LogP contribution is -2.07. The summed E-state index contributed by atoms with van der Waals surface area (Å²) >= 11 is 0. The lowest BCUT2D eigenvalue weighted by Gasteiger charge is -2.10. The molecule has 3 heteroatoms. The van der Waals surface area contributed by atoms with Crippen molar-refractivity contribution in [2.75, 3.05) is 0 Å². The van der Waals surface area contributed by atoms with Crippen LogP contribution in [0, 0.1) is 13.8 Å². The van der Waals surface area contributed by atoms with E-state index >= 15 is 0 Å². The molecule has 0 spiro atoms. The zero-order chi connectivity index (χ0) is 11.0. The average Bonchev–Trinajstić information content (AvgIpc) is 2.17. The number of rotatable bonds is 1. The largest absolute Gasteiger partial charge is 0.326 e. The van der Waals surface area contributed by atoms with Crippen molar-refractivity contribution in [2.45, 2.75) is 20.4 Å². The molecule has 78 valence electrons. The van der Waals surface area contributed by atoms with Crippen molar-refractivity contribution in [3.8, 4) is 0 Å². The van der Waals surface area contributed by atoms with Crippen LogP contribution in [0.4, 0.5) is 0 Å². The summed E-state index contributed by atoms with van der Waals surface area (Å²) in [6, 6.07) is 5.37. The van der Waals surface area contributed by atoms with Crippen molar-refractivity contribution in [1.29, 1.82) is 0 Å². The molecule has 0 unspecified atom stereocenters. The molecule has 15 heavy (non-hydrogen) atoms. The van der Waals surface area contributed by atoms with Crippen LogP contribution in [0.25, 0.3) is 10.9 Å². The second-order valence-corrected chi connectivity index (χ2v) is 3.78. The van der Waals surface area contributed by atoms with Gasteiger partial charge in [-0.2, -0.15) is 0 Å². The Morgan fingerprint density at radius 1 is 1.33 bits per heavy atom. The second-order valence-electron chi connectivity index (χ2n) is 3.78. The van der Waals surface area contributed by atoms with E-state index in [1.807, 2.05) is 26.0 Å². The second kappa shape index (κ2) is 3.51. The molecule has 0 saturated carbocycles. The maximum absolute atomic E-state index is 11.2. The maximum Gasteiger partial charge on any atom is 0.248 e. The average molecular weight is 202 g/mol. The van der Waals surface area contributed by atoms with Gasteiger partial charge < -0.3 is 10.7 Å².